The minimum Gasteiger partial charge on any atom is -0.379 e. The second-order valence-electron chi connectivity index (χ2n) is 7.36. The molecule has 0 bridgehead atoms. The van der Waals surface area contributed by atoms with E-state index >= 15 is 0 Å². The summed E-state index contributed by atoms with van der Waals surface area (Å²) in [6, 6.07) is 0.448. The van der Waals surface area contributed by atoms with E-state index in [0.717, 1.165) is 64.0 Å². The maximum Gasteiger partial charge on any atom is 0.234 e. The third kappa shape index (κ3) is 7.96. The van der Waals surface area contributed by atoms with Gasteiger partial charge in [0.25, 0.3) is 0 Å². The largest absolute Gasteiger partial charge is 0.379 e. The topological polar surface area (TPSA) is 69.2 Å². The molecule has 0 radical (unpaired) electrons. The molecule has 0 spiro atoms. The summed E-state index contributed by atoms with van der Waals surface area (Å²) >= 11 is 0. The SMILES string of the molecule is CCNC(=NCCOCC1CC1)N1CCN(CC(=O)NC2CC2)CC1.I. The number of piperazine rings is 1. The number of rotatable bonds is 9. The van der Waals surface area contributed by atoms with Gasteiger partial charge in [0.15, 0.2) is 5.96 Å². The highest BCUT2D eigenvalue weighted by Crippen LogP contribution is 2.28. The van der Waals surface area contributed by atoms with Gasteiger partial charge in [0.1, 0.15) is 0 Å². The lowest BCUT2D eigenvalue weighted by Crippen LogP contribution is -2.54. The molecule has 0 aromatic carbocycles. The van der Waals surface area contributed by atoms with Crippen molar-refractivity contribution in [3.63, 3.8) is 0 Å². The molecule has 0 atom stereocenters. The molecule has 8 heteroatoms. The number of amides is 1. The molecule has 3 aliphatic rings. The van der Waals surface area contributed by atoms with Gasteiger partial charge < -0.3 is 20.3 Å². The van der Waals surface area contributed by atoms with Crippen LogP contribution in [0.3, 0.4) is 0 Å². The van der Waals surface area contributed by atoms with Crippen LogP contribution in [-0.4, -0.2) is 86.7 Å². The van der Waals surface area contributed by atoms with Crippen molar-refractivity contribution in [3.05, 3.63) is 0 Å². The first-order valence-electron chi connectivity index (χ1n) is 9.87. The summed E-state index contributed by atoms with van der Waals surface area (Å²) in [4.78, 5) is 21.1. The number of hydrogen-bond donors (Lipinski definition) is 2. The van der Waals surface area contributed by atoms with E-state index in [1.165, 1.54) is 12.8 Å². The fraction of sp³-hybridized carbons (Fsp3) is 0.889. The van der Waals surface area contributed by atoms with Gasteiger partial charge in [-0.15, -0.1) is 24.0 Å². The second-order valence-corrected chi connectivity index (χ2v) is 7.36. The smallest absolute Gasteiger partial charge is 0.234 e. The summed E-state index contributed by atoms with van der Waals surface area (Å²) in [6.07, 6.45) is 4.95. The quantitative estimate of drug-likeness (QED) is 0.223. The Balaban J connectivity index is 0.00000243. The van der Waals surface area contributed by atoms with Gasteiger partial charge in [-0.25, -0.2) is 0 Å². The molecule has 0 unspecified atom stereocenters. The number of carbonyl (C=O) groups excluding carboxylic acids is 1. The van der Waals surface area contributed by atoms with Gasteiger partial charge in [-0.1, -0.05) is 0 Å². The van der Waals surface area contributed by atoms with Gasteiger partial charge in [0.2, 0.25) is 5.91 Å². The van der Waals surface area contributed by atoms with Gasteiger partial charge in [0, 0.05) is 45.4 Å². The summed E-state index contributed by atoms with van der Waals surface area (Å²) in [5.74, 6) is 1.95. The molecule has 1 saturated heterocycles. The number of carbonyl (C=O) groups is 1. The number of guanidine groups is 1. The Morgan fingerprint density at radius 2 is 1.88 bits per heavy atom. The Bertz CT molecular complexity index is 460. The third-order valence-corrected chi connectivity index (χ3v) is 4.86. The van der Waals surface area contributed by atoms with Gasteiger partial charge in [-0.2, -0.15) is 0 Å². The van der Waals surface area contributed by atoms with Crippen LogP contribution in [0.25, 0.3) is 0 Å². The number of halogens is 1. The van der Waals surface area contributed by atoms with E-state index in [-0.39, 0.29) is 29.9 Å². The van der Waals surface area contributed by atoms with Crippen LogP contribution in [-0.2, 0) is 9.53 Å². The average molecular weight is 479 g/mol. The lowest BCUT2D eigenvalue weighted by molar-refractivity contribution is -0.122. The number of ether oxygens (including phenoxy) is 1. The molecule has 3 fully saturated rings. The molecule has 0 aromatic heterocycles. The summed E-state index contributed by atoms with van der Waals surface area (Å²) < 4.78 is 5.66. The molecular formula is C18H34IN5O2. The first-order chi connectivity index (χ1) is 12.2. The third-order valence-electron chi connectivity index (χ3n) is 4.86. The van der Waals surface area contributed by atoms with Crippen molar-refractivity contribution in [2.75, 3.05) is 59.0 Å². The fourth-order valence-corrected chi connectivity index (χ4v) is 3.00. The summed E-state index contributed by atoms with van der Waals surface area (Å²) in [5.41, 5.74) is 0. The Morgan fingerprint density at radius 3 is 2.50 bits per heavy atom. The van der Waals surface area contributed by atoms with Crippen molar-refractivity contribution in [2.24, 2.45) is 10.9 Å². The summed E-state index contributed by atoms with van der Waals surface area (Å²) in [6.45, 7) is 9.41. The van der Waals surface area contributed by atoms with Crippen LogP contribution in [0.1, 0.15) is 32.6 Å². The Hall–Kier alpha value is -0.610. The van der Waals surface area contributed by atoms with E-state index in [1.807, 2.05) is 0 Å². The van der Waals surface area contributed by atoms with Crippen molar-refractivity contribution in [3.8, 4) is 0 Å². The lowest BCUT2D eigenvalue weighted by Gasteiger charge is -2.36. The molecule has 0 aromatic rings. The average Bonchev–Trinajstić information content (AvgIpc) is 3.50. The van der Waals surface area contributed by atoms with Gasteiger partial charge in [-0.3, -0.25) is 14.7 Å². The Kier molecular flexibility index (Phi) is 9.41. The van der Waals surface area contributed by atoms with Crippen LogP contribution in [0.2, 0.25) is 0 Å². The van der Waals surface area contributed by atoms with Gasteiger partial charge in [0.05, 0.1) is 19.7 Å². The lowest BCUT2D eigenvalue weighted by atomic mass is 10.3. The minimum atomic E-state index is 0. The van der Waals surface area contributed by atoms with E-state index < -0.39 is 0 Å². The molecule has 1 heterocycles. The molecule has 150 valence electrons. The highest BCUT2D eigenvalue weighted by Gasteiger charge is 2.26. The predicted molar refractivity (Wildman–Crippen MR) is 114 cm³/mol. The molecule has 7 nitrogen and oxygen atoms in total. The normalized spacial score (nSPS) is 21.3. The zero-order chi connectivity index (χ0) is 17.5. The highest BCUT2D eigenvalue weighted by atomic mass is 127. The Labute approximate surface area is 174 Å². The van der Waals surface area contributed by atoms with Crippen molar-refractivity contribution >= 4 is 35.8 Å². The summed E-state index contributed by atoms with van der Waals surface area (Å²) in [5, 5.41) is 6.44. The Morgan fingerprint density at radius 1 is 1.15 bits per heavy atom. The van der Waals surface area contributed by atoms with Crippen molar-refractivity contribution in [1.82, 2.24) is 20.4 Å². The van der Waals surface area contributed by atoms with E-state index in [2.05, 4.69) is 27.4 Å². The van der Waals surface area contributed by atoms with E-state index in [1.54, 1.807) is 0 Å². The van der Waals surface area contributed by atoms with Crippen molar-refractivity contribution in [2.45, 2.75) is 38.6 Å². The van der Waals surface area contributed by atoms with Crippen molar-refractivity contribution < 1.29 is 9.53 Å². The molecule has 2 saturated carbocycles. The van der Waals surface area contributed by atoms with E-state index in [0.29, 0.717) is 25.7 Å². The van der Waals surface area contributed by atoms with E-state index in [4.69, 9.17) is 9.73 Å². The van der Waals surface area contributed by atoms with Crippen LogP contribution in [0.4, 0.5) is 0 Å². The molecule has 26 heavy (non-hydrogen) atoms. The monoisotopic (exact) mass is 479 g/mol. The number of aliphatic imine (C=N–C) groups is 1. The van der Waals surface area contributed by atoms with Crippen LogP contribution in [0.15, 0.2) is 4.99 Å². The number of nitrogens with zero attached hydrogens (tertiary/aromatic N) is 3. The van der Waals surface area contributed by atoms with Crippen molar-refractivity contribution in [1.29, 1.82) is 0 Å². The molecule has 1 aliphatic heterocycles. The standard InChI is InChI=1S/C18H33N5O2.HI/c1-2-19-18(20-7-12-25-14-15-3-4-15)23-10-8-22(9-11-23)13-17(24)21-16-5-6-16;/h15-16H,2-14H2,1H3,(H,19,20)(H,21,24);1H. The molecule has 1 amide bonds. The fourth-order valence-electron chi connectivity index (χ4n) is 3.00. The maximum absolute atomic E-state index is 11.9. The van der Waals surface area contributed by atoms with Crippen LogP contribution < -0.4 is 10.6 Å². The second kappa shape index (κ2) is 11.3. The zero-order valence-corrected chi connectivity index (χ0v) is 18.2. The maximum atomic E-state index is 11.9. The summed E-state index contributed by atoms with van der Waals surface area (Å²) in [7, 11) is 0. The molecule has 3 rings (SSSR count). The van der Waals surface area contributed by atoms with Crippen LogP contribution >= 0.6 is 24.0 Å². The van der Waals surface area contributed by atoms with E-state index in [9.17, 15) is 4.79 Å². The van der Waals surface area contributed by atoms with Gasteiger partial charge in [-0.05, 0) is 38.5 Å². The van der Waals surface area contributed by atoms with Gasteiger partial charge >= 0.3 is 0 Å². The highest BCUT2D eigenvalue weighted by molar-refractivity contribution is 14.0. The molecule has 2 N–H and O–H groups in total. The predicted octanol–water partition coefficient (Wildman–Crippen LogP) is 0.893. The minimum absolute atomic E-state index is 0. The number of nitrogens with one attached hydrogen (secondary N) is 2. The van der Waals surface area contributed by atoms with Crippen LogP contribution in [0.5, 0.6) is 0 Å². The van der Waals surface area contributed by atoms with Crippen LogP contribution in [0, 0.1) is 5.92 Å². The molecule has 2 aliphatic carbocycles. The number of hydrogen-bond acceptors (Lipinski definition) is 4. The molecular weight excluding hydrogens is 445 g/mol. The first kappa shape index (κ1) is 21.7. The zero-order valence-electron chi connectivity index (χ0n) is 15.9. The first-order valence-corrected chi connectivity index (χ1v) is 9.87.